The number of piperidine rings is 1. The third kappa shape index (κ3) is 2.73. The monoisotopic (exact) mass is 327 g/mol. The average molecular weight is 327 g/mol. The molecule has 0 spiro atoms. The largest absolute Gasteiger partial charge is 0.481 e. The van der Waals surface area contributed by atoms with E-state index in [-0.39, 0.29) is 12.7 Å². The van der Waals surface area contributed by atoms with Gasteiger partial charge in [0.05, 0.1) is 5.92 Å². The second kappa shape index (κ2) is 5.99. The van der Waals surface area contributed by atoms with E-state index in [9.17, 15) is 9.90 Å². The normalized spacial score (nSPS) is 19.3. The molecule has 2 aliphatic heterocycles. The summed E-state index contributed by atoms with van der Waals surface area (Å²) in [6.07, 6.45) is 5.06. The van der Waals surface area contributed by atoms with E-state index < -0.39 is 5.97 Å². The second-order valence-electron chi connectivity index (χ2n) is 5.96. The molecule has 2 aromatic rings. The highest BCUT2D eigenvalue weighted by Gasteiger charge is 2.26. The van der Waals surface area contributed by atoms with E-state index >= 15 is 0 Å². The molecule has 1 N–H and O–H groups in total. The summed E-state index contributed by atoms with van der Waals surface area (Å²) < 4.78 is 10.7. The van der Waals surface area contributed by atoms with Gasteiger partial charge in [0, 0.05) is 31.0 Å². The lowest BCUT2D eigenvalue weighted by Crippen LogP contribution is -2.39. The van der Waals surface area contributed by atoms with Crippen molar-refractivity contribution in [2.75, 3.05) is 24.8 Å². The third-order valence-electron chi connectivity index (χ3n) is 4.40. The number of aromatic nitrogens is 2. The Balaban J connectivity index is 1.53. The van der Waals surface area contributed by atoms with Crippen LogP contribution in [0.1, 0.15) is 12.8 Å². The number of benzene rings is 1. The number of hydrogen-bond acceptors (Lipinski definition) is 6. The van der Waals surface area contributed by atoms with Crippen LogP contribution in [0.15, 0.2) is 30.6 Å². The minimum atomic E-state index is -0.753. The number of rotatable bonds is 3. The zero-order valence-corrected chi connectivity index (χ0v) is 13.0. The molecule has 124 valence electrons. The van der Waals surface area contributed by atoms with Crippen LogP contribution in [-0.4, -0.2) is 40.9 Å². The fourth-order valence-corrected chi connectivity index (χ4v) is 3.07. The zero-order valence-electron chi connectivity index (χ0n) is 13.0. The van der Waals surface area contributed by atoms with Gasteiger partial charge in [-0.25, -0.2) is 9.97 Å². The topological polar surface area (TPSA) is 84.8 Å². The zero-order chi connectivity index (χ0) is 16.5. The molecular formula is C17H17N3O4. The molecule has 7 heteroatoms. The van der Waals surface area contributed by atoms with Gasteiger partial charge in [-0.3, -0.25) is 4.79 Å². The highest BCUT2D eigenvalue weighted by molar-refractivity contribution is 5.71. The van der Waals surface area contributed by atoms with Crippen molar-refractivity contribution in [3.05, 3.63) is 30.6 Å². The van der Waals surface area contributed by atoms with Gasteiger partial charge in [-0.05, 0) is 30.5 Å². The molecule has 0 unspecified atom stereocenters. The highest BCUT2D eigenvalue weighted by atomic mass is 16.7. The number of carboxylic acid groups (broad SMARTS) is 1. The number of carboxylic acids is 1. The molecule has 0 aliphatic carbocycles. The third-order valence-corrected chi connectivity index (χ3v) is 4.40. The van der Waals surface area contributed by atoms with Crippen LogP contribution in [0.3, 0.4) is 0 Å². The van der Waals surface area contributed by atoms with Crippen LogP contribution in [0.5, 0.6) is 11.5 Å². The summed E-state index contributed by atoms with van der Waals surface area (Å²) >= 11 is 0. The summed E-state index contributed by atoms with van der Waals surface area (Å²) in [6, 6.07) is 5.71. The Labute approximate surface area is 138 Å². The van der Waals surface area contributed by atoms with Gasteiger partial charge in [0.1, 0.15) is 0 Å². The van der Waals surface area contributed by atoms with Crippen molar-refractivity contribution >= 4 is 11.9 Å². The summed E-state index contributed by atoms with van der Waals surface area (Å²) in [5.41, 5.74) is 1.83. The van der Waals surface area contributed by atoms with Crippen LogP contribution >= 0.6 is 0 Å². The number of nitrogens with zero attached hydrogens (tertiary/aromatic N) is 3. The molecule has 1 fully saturated rings. The first-order valence-electron chi connectivity index (χ1n) is 7.90. The lowest BCUT2D eigenvalue weighted by atomic mass is 9.99. The van der Waals surface area contributed by atoms with Crippen LogP contribution in [0.25, 0.3) is 11.1 Å². The van der Waals surface area contributed by atoms with Crippen molar-refractivity contribution in [1.29, 1.82) is 0 Å². The fourth-order valence-electron chi connectivity index (χ4n) is 3.07. The summed E-state index contributed by atoms with van der Waals surface area (Å²) in [4.78, 5) is 21.9. The molecule has 3 heterocycles. The second-order valence-corrected chi connectivity index (χ2v) is 5.96. The van der Waals surface area contributed by atoms with Crippen LogP contribution in [0.2, 0.25) is 0 Å². The Morgan fingerprint density at radius 2 is 1.96 bits per heavy atom. The Hall–Kier alpha value is -2.83. The molecule has 0 bridgehead atoms. The molecule has 2 aliphatic rings. The van der Waals surface area contributed by atoms with E-state index in [1.165, 1.54) is 0 Å². The van der Waals surface area contributed by atoms with Gasteiger partial charge in [0.15, 0.2) is 11.5 Å². The van der Waals surface area contributed by atoms with Crippen LogP contribution in [0, 0.1) is 5.92 Å². The number of aliphatic carboxylic acids is 1. The Morgan fingerprint density at radius 1 is 1.17 bits per heavy atom. The lowest BCUT2D eigenvalue weighted by molar-refractivity contribution is -0.141. The average Bonchev–Trinajstić information content (AvgIpc) is 3.09. The quantitative estimate of drug-likeness (QED) is 0.924. The number of fused-ring (bicyclic) bond motifs is 1. The number of ether oxygens (including phenoxy) is 2. The maximum Gasteiger partial charge on any atom is 0.308 e. The van der Waals surface area contributed by atoms with Crippen molar-refractivity contribution in [3.8, 4) is 22.6 Å². The molecule has 1 aromatic heterocycles. The molecular weight excluding hydrogens is 310 g/mol. The molecule has 4 rings (SSSR count). The first-order valence-corrected chi connectivity index (χ1v) is 7.90. The van der Waals surface area contributed by atoms with E-state index in [4.69, 9.17) is 9.47 Å². The van der Waals surface area contributed by atoms with Crippen LogP contribution in [-0.2, 0) is 4.79 Å². The number of hydrogen-bond donors (Lipinski definition) is 1. The SMILES string of the molecule is O=C(O)[C@H]1CCCN(c2ncc(-c3ccc4c(c3)OCO4)cn2)C1. The molecule has 0 amide bonds. The maximum atomic E-state index is 11.2. The van der Waals surface area contributed by atoms with E-state index in [1.54, 1.807) is 12.4 Å². The van der Waals surface area contributed by atoms with Gasteiger partial charge in [-0.1, -0.05) is 6.07 Å². The van der Waals surface area contributed by atoms with E-state index in [0.717, 1.165) is 35.6 Å². The fraction of sp³-hybridized carbons (Fsp3) is 0.353. The standard InChI is InChI=1S/C17H17N3O4/c21-16(22)12-2-1-5-20(9-12)17-18-7-13(8-19-17)11-3-4-14-15(6-11)24-10-23-14/h3-4,6-8,12H,1-2,5,9-10H2,(H,21,22)/t12-/m0/s1. The number of anilines is 1. The number of carbonyl (C=O) groups is 1. The van der Waals surface area contributed by atoms with Gasteiger partial charge < -0.3 is 19.5 Å². The predicted octanol–water partition coefficient (Wildman–Crippen LogP) is 2.17. The molecule has 1 saturated heterocycles. The van der Waals surface area contributed by atoms with Gasteiger partial charge in [-0.2, -0.15) is 0 Å². The van der Waals surface area contributed by atoms with E-state index in [0.29, 0.717) is 18.9 Å². The van der Waals surface area contributed by atoms with Crippen molar-refractivity contribution in [3.63, 3.8) is 0 Å². The van der Waals surface area contributed by atoms with Gasteiger partial charge in [-0.15, -0.1) is 0 Å². The molecule has 0 saturated carbocycles. The van der Waals surface area contributed by atoms with Gasteiger partial charge in [0.2, 0.25) is 12.7 Å². The predicted molar refractivity (Wildman–Crippen MR) is 86.2 cm³/mol. The van der Waals surface area contributed by atoms with Crippen LogP contribution < -0.4 is 14.4 Å². The summed E-state index contributed by atoms with van der Waals surface area (Å²) in [6.45, 7) is 1.49. The van der Waals surface area contributed by atoms with Crippen molar-refractivity contribution in [2.24, 2.45) is 5.92 Å². The molecule has 24 heavy (non-hydrogen) atoms. The first-order chi connectivity index (χ1) is 11.7. The Kier molecular flexibility index (Phi) is 3.68. The van der Waals surface area contributed by atoms with Gasteiger partial charge >= 0.3 is 5.97 Å². The maximum absolute atomic E-state index is 11.2. The summed E-state index contributed by atoms with van der Waals surface area (Å²) in [5, 5.41) is 9.18. The Bertz CT molecular complexity index is 763. The van der Waals surface area contributed by atoms with Crippen molar-refractivity contribution in [1.82, 2.24) is 9.97 Å². The van der Waals surface area contributed by atoms with Crippen molar-refractivity contribution < 1.29 is 19.4 Å². The highest BCUT2D eigenvalue weighted by Crippen LogP contribution is 2.35. The van der Waals surface area contributed by atoms with E-state index in [1.807, 2.05) is 23.1 Å². The van der Waals surface area contributed by atoms with Crippen LogP contribution in [0.4, 0.5) is 5.95 Å². The van der Waals surface area contributed by atoms with Crippen molar-refractivity contribution in [2.45, 2.75) is 12.8 Å². The first kappa shape index (κ1) is 14.7. The molecule has 7 nitrogen and oxygen atoms in total. The molecule has 1 atom stereocenters. The smallest absolute Gasteiger partial charge is 0.308 e. The summed E-state index contributed by atoms with van der Waals surface area (Å²) in [7, 11) is 0. The summed E-state index contributed by atoms with van der Waals surface area (Å²) in [5.74, 6) is 0.930. The lowest BCUT2D eigenvalue weighted by Gasteiger charge is -2.30. The molecule has 0 radical (unpaired) electrons. The minimum absolute atomic E-state index is 0.244. The van der Waals surface area contributed by atoms with Gasteiger partial charge in [0.25, 0.3) is 0 Å². The minimum Gasteiger partial charge on any atom is -0.481 e. The molecule has 1 aromatic carbocycles. The van der Waals surface area contributed by atoms with E-state index in [2.05, 4.69) is 9.97 Å². The Morgan fingerprint density at radius 3 is 2.75 bits per heavy atom.